The molecule has 0 radical (unpaired) electrons. The zero-order valence-corrected chi connectivity index (χ0v) is 12.2. The van der Waals surface area contributed by atoms with Crippen LogP contribution in [0.1, 0.15) is 19.4 Å². The normalized spacial score (nSPS) is 13.7. The molecule has 19 heavy (non-hydrogen) atoms. The molecule has 5 nitrogen and oxygen atoms in total. The highest BCUT2D eigenvalue weighted by molar-refractivity contribution is 9.10. The van der Waals surface area contributed by atoms with E-state index in [2.05, 4.69) is 21.2 Å². The van der Waals surface area contributed by atoms with Gasteiger partial charge < -0.3 is 0 Å². The van der Waals surface area contributed by atoms with Crippen LogP contribution >= 0.6 is 15.9 Å². The van der Waals surface area contributed by atoms with E-state index in [1.807, 2.05) is 0 Å². The number of hydrogen-bond donors (Lipinski definition) is 1. The molecule has 0 fully saturated rings. The van der Waals surface area contributed by atoms with Crippen LogP contribution in [0.5, 0.6) is 0 Å². The number of carbonyl (C=O) groups is 3. The molecule has 1 aliphatic heterocycles. The number of hydrogen-bond acceptors (Lipinski definition) is 3. The summed E-state index contributed by atoms with van der Waals surface area (Å²) in [4.78, 5) is 36.4. The van der Waals surface area contributed by atoms with E-state index in [0.717, 1.165) is 14.9 Å². The molecule has 1 heterocycles. The summed E-state index contributed by atoms with van der Waals surface area (Å²) in [5.74, 6) is -1.04. The molecule has 100 valence electrons. The lowest BCUT2D eigenvalue weighted by molar-refractivity contribution is -0.122. The molecule has 0 aromatic heterocycles. The first kappa shape index (κ1) is 13.7. The van der Waals surface area contributed by atoms with Crippen molar-refractivity contribution in [2.24, 2.45) is 5.92 Å². The molecule has 1 aromatic rings. The Hall–Kier alpha value is -1.69. The van der Waals surface area contributed by atoms with Crippen molar-refractivity contribution >= 4 is 39.5 Å². The summed E-state index contributed by atoms with van der Waals surface area (Å²) < 4.78 is 0.847. The molecule has 1 aromatic carbocycles. The minimum atomic E-state index is -0.690. The average Bonchev–Trinajstić information content (AvgIpc) is 2.63. The first-order valence-corrected chi connectivity index (χ1v) is 6.65. The van der Waals surface area contributed by atoms with Crippen LogP contribution < -0.4 is 10.2 Å². The Kier molecular flexibility index (Phi) is 3.71. The molecule has 0 spiro atoms. The van der Waals surface area contributed by atoms with Crippen molar-refractivity contribution in [3.8, 4) is 0 Å². The van der Waals surface area contributed by atoms with Crippen LogP contribution in [0.25, 0.3) is 0 Å². The summed E-state index contributed by atoms with van der Waals surface area (Å²) in [6.45, 7) is 3.36. The highest BCUT2D eigenvalue weighted by Crippen LogP contribution is 2.31. The SMILES string of the molecule is CC(C)C(=O)NC(=O)N1C(=O)Cc2cc(Br)ccc21. The summed E-state index contributed by atoms with van der Waals surface area (Å²) >= 11 is 3.32. The number of nitrogens with zero attached hydrogens (tertiary/aromatic N) is 1. The first-order valence-electron chi connectivity index (χ1n) is 5.86. The molecule has 4 amide bonds. The summed E-state index contributed by atoms with van der Waals surface area (Å²) in [6.07, 6.45) is 0.165. The number of nitrogens with one attached hydrogen (secondary N) is 1. The third-order valence-corrected chi connectivity index (χ3v) is 3.32. The molecule has 0 saturated heterocycles. The van der Waals surface area contributed by atoms with Crippen molar-refractivity contribution < 1.29 is 14.4 Å². The van der Waals surface area contributed by atoms with Gasteiger partial charge in [-0.3, -0.25) is 14.9 Å². The molecule has 6 heteroatoms. The second-order valence-corrected chi connectivity index (χ2v) is 5.54. The Balaban J connectivity index is 2.25. The number of fused-ring (bicyclic) bond motifs is 1. The summed E-state index contributed by atoms with van der Waals surface area (Å²) in [5.41, 5.74) is 1.30. The number of halogens is 1. The molecule has 0 aliphatic carbocycles. The fraction of sp³-hybridized carbons (Fsp3) is 0.308. The van der Waals surface area contributed by atoms with Gasteiger partial charge in [-0.05, 0) is 23.8 Å². The van der Waals surface area contributed by atoms with Gasteiger partial charge in [-0.15, -0.1) is 0 Å². The number of imide groups is 2. The standard InChI is InChI=1S/C13H13BrN2O3/c1-7(2)12(18)15-13(19)16-10-4-3-9(14)5-8(10)6-11(16)17/h3-5,7H,6H2,1-2H3,(H,15,18,19). The number of urea groups is 1. The highest BCUT2D eigenvalue weighted by Gasteiger charge is 2.33. The van der Waals surface area contributed by atoms with Crippen LogP contribution in [0.3, 0.4) is 0 Å². The monoisotopic (exact) mass is 324 g/mol. The fourth-order valence-corrected chi connectivity index (χ4v) is 2.23. The summed E-state index contributed by atoms with van der Waals surface area (Å²) in [6, 6.07) is 4.54. The zero-order chi connectivity index (χ0) is 14.2. The Bertz CT molecular complexity index is 569. The smallest absolute Gasteiger partial charge is 0.277 e. The van der Waals surface area contributed by atoms with E-state index >= 15 is 0 Å². The van der Waals surface area contributed by atoms with Crippen molar-refractivity contribution in [1.29, 1.82) is 0 Å². The summed E-state index contributed by atoms with van der Waals surface area (Å²) in [5, 5.41) is 2.22. The lowest BCUT2D eigenvalue weighted by Crippen LogP contribution is -2.45. The van der Waals surface area contributed by atoms with Crippen molar-refractivity contribution in [3.63, 3.8) is 0 Å². The lowest BCUT2D eigenvalue weighted by atomic mass is 10.2. The van der Waals surface area contributed by atoms with Crippen LogP contribution in [0.2, 0.25) is 0 Å². The second-order valence-electron chi connectivity index (χ2n) is 4.63. The zero-order valence-electron chi connectivity index (χ0n) is 10.6. The van der Waals surface area contributed by atoms with E-state index < -0.39 is 11.9 Å². The Morgan fingerprint density at radius 1 is 1.37 bits per heavy atom. The van der Waals surface area contributed by atoms with E-state index in [1.54, 1.807) is 32.0 Å². The van der Waals surface area contributed by atoms with Crippen LogP contribution in [0.15, 0.2) is 22.7 Å². The largest absolute Gasteiger partial charge is 0.335 e. The molecule has 1 aliphatic rings. The van der Waals surface area contributed by atoms with Crippen LogP contribution in [0, 0.1) is 5.92 Å². The van der Waals surface area contributed by atoms with Crippen molar-refractivity contribution in [3.05, 3.63) is 28.2 Å². The number of amides is 4. The Labute approximate surface area is 119 Å². The van der Waals surface area contributed by atoms with Crippen LogP contribution in [-0.4, -0.2) is 17.8 Å². The Morgan fingerprint density at radius 2 is 2.05 bits per heavy atom. The fourth-order valence-electron chi connectivity index (χ4n) is 1.82. The van der Waals surface area contributed by atoms with Gasteiger partial charge in [-0.1, -0.05) is 29.8 Å². The third kappa shape index (κ3) is 2.68. The van der Waals surface area contributed by atoms with Gasteiger partial charge in [0.1, 0.15) is 0 Å². The van der Waals surface area contributed by atoms with Gasteiger partial charge in [0.25, 0.3) is 0 Å². The number of benzene rings is 1. The van der Waals surface area contributed by atoms with Gasteiger partial charge in [-0.25, -0.2) is 9.69 Å². The topological polar surface area (TPSA) is 66.5 Å². The maximum Gasteiger partial charge on any atom is 0.335 e. The predicted octanol–water partition coefficient (Wildman–Crippen LogP) is 2.23. The maximum atomic E-state index is 12.0. The van der Waals surface area contributed by atoms with Crippen LogP contribution in [-0.2, 0) is 16.0 Å². The van der Waals surface area contributed by atoms with E-state index in [9.17, 15) is 14.4 Å². The van der Waals surface area contributed by atoms with Gasteiger partial charge >= 0.3 is 6.03 Å². The van der Waals surface area contributed by atoms with Gasteiger partial charge in [0.05, 0.1) is 12.1 Å². The quantitative estimate of drug-likeness (QED) is 0.861. The average molecular weight is 325 g/mol. The summed E-state index contributed by atoms with van der Waals surface area (Å²) in [7, 11) is 0. The van der Waals surface area contributed by atoms with Crippen molar-refractivity contribution in [1.82, 2.24) is 5.32 Å². The molecular weight excluding hydrogens is 312 g/mol. The van der Waals surface area contributed by atoms with Gasteiger partial charge in [0.15, 0.2) is 0 Å². The molecular formula is C13H13BrN2O3. The number of rotatable bonds is 1. The molecule has 0 unspecified atom stereocenters. The molecule has 0 bridgehead atoms. The lowest BCUT2D eigenvalue weighted by Gasteiger charge is -2.16. The number of anilines is 1. The number of carbonyl (C=O) groups excluding carboxylic acids is 3. The van der Waals surface area contributed by atoms with Gasteiger partial charge in [0, 0.05) is 10.4 Å². The first-order chi connectivity index (χ1) is 8.90. The van der Waals surface area contributed by atoms with E-state index in [-0.39, 0.29) is 18.2 Å². The third-order valence-electron chi connectivity index (χ3n) is 2.83. The molecule has 0 saturated carbocycles. The van der Waals surface area contributed by atoms with E-state index in [4.69, 9.17) is 0 Å². The van der Waals surface area contributed by atoms with Gasteiger partial charge in [0.2, 0.25) is 11.8 Å². The minimum absolute atomic E-state index is 0.165. The highest BCUT2D eigenvalue weighted by atomic mass is 79.9. The Morgan fingerprint density at radius 3 is 2.68 bits per heavy atom. The molecule has 2 rings (SSSR count). The molecule has 1 N–H and O–H groups in total. The van der Waals surface area contributed by atoms with E-state index in [0.29, 0.717) is 5.69 Å². The van der Waals surface area contributed by atoms with Crippen molar-refractivity contribution in [2.45, 2.75) is 20.3 Å². The predicted molar refractivity (Wildman–Crippen MR) is 73.7 cm³/mol. The minimum Gasteiger partial charge on any atom is -0.277 e. The van der Waals surface area contributed by atoms with Gasteiger partial charge in [-0.2, -0.15) is 0 Å². The maximum absolute atomic E-state index is 12.0. The second kappa shape index (κ2) is 5.13. The van der Waals surface area contributed by atoms with E-state index in [1.165, 1.54) is 0 Å². The molecule has 0 atom stereocenters. The van der Waals surface area contributed by atoms with Crippen LogP contribution in [0.4, 0.5) is 10.5 Å². The van der Waals surface area contributed by atoms with Crippen molar-refractivity contribution in [2.75, 3.05) is 4.90 Å².